The van der Waals surface area contributed by atoms with Gasteiger partial charge in [-0.1, -0.05) is 0 Å². The minimum absolute atomic E-state index is 0.457. The van der Waals surface area contributed by atoms with Crippen molar-refractivity contribution >= 4 is 17.3 Å². The Labute approximate surface area is 90.4 Å². The van der Waals surface area contributed by atoms with E-state index in [1.165, 1.54) is 11.1 Å². The van der Waals surface area contributed by atoms with Gasteiger partial charge in [0, 0.05) is 7.05 Å². The van der Waals surface area contributed by atoms with Crippen LogP contribution in [0.2, 0.25) is 0 Å². The van der Waals surface area contributed by atoms with Crippen molar-refractivity contribution in [2.75, 3.05) is 25.1 Å². The molecular formula is C11H16ClNO. The molecule has 1 aromatic rings. The zero-order valence-electron chi connectivity index (χ0n) is 9.10. The van der Waals surface area contributed by atoms with Gasteiger partial charge in [0.15, 0.2) is 0 Å². The molecule has 1 rings (SSSR count). The highest BCUT2D eigenvalue weighted by Gasteiger charge is 2.08. The summed E-state index contributed by atoms with van der Waals surface area (Å²) in [6, 6.07) is 4.59. The van der Waals surface area contributed by atoms with Crippen LogP contribution in [0.4, 0.5) is 5.69 Å². The van der Waals surface area contributed by atoms with Gasteiger partial charge in [0.2, 0.25) is 0 Å². The number of hydrogen-bond acceptors (Lipinski definition) is 2. The Bertz CT molecular complexity index is 325. The van der Waals surface area contributed by atoms with Gasteiger partial charge in [0.25, 0.3) is 0 Å². The van der Waals surface area contributed by atoms with Gasteiger partial charge < -0.3 is 9.64 Å². The number of anilines is 1. The molecule has 0 bridgehead atoms. The maximum absolute atomic E-state index is 5.78. The van der Waals surface area contributed by atoms with E-state index in [4.69, 9.17) is 16.3 Å². The number of alkyl halides is 1. The van der Waals surface area contributed by atoms with Gasteiger partial charge in [0.1, 0.15) is 5.75 Å². The summed E-state index contributed by atoms with van der Waals surface area (Å²) in [6.07, 6.45) is 0. The normalized spacial score (nSPS) is 10.1. The molecule has 0 aliphatic carbocycles. The van der Waals surface area contributed by atoms with Crippen molar-refractivity contribution in [3.8, 4) is 5.75 Å². The number of halogens is 1. The van der Waals surface area contributed by atoms with E-state index in [0.717, 1.165) is 11.4 Å². The van der Waals surface area contributed by atoms with Gasteiger partial charge in [-0.25, -0.2) is 0 Å². The average molecular weight is 214 g/mol. The maximum Gasteiger partial charge on any atom is 0.142 e. The van der Waals surface area contributed by atoms with Gasteiger partial charge in [-0.05, 0) is 37.1 Å². The Hall–Kier alpha value is -0.890. The van der Waals surface area contributed by atoms with E-state index >= 15 is 0 Å². The van der Waals surface area contributed by atoms with Crippen LogP contribution >= 0.6 is 11.6 Å². The first-order chi connectivity index (χ1) is 6.60. The van der Waals surface area contributed by atoms with Crippen molar-refractivity contribution in [2.45, 2.75) is 13.8 Å². The van der Waals surface area contributed by atoms with E-state index in [-0.39, 0.29) is 0 Å². The largest absolute Gasteiger partial charge is 0.495 e. The van der Waals surface area contributed by atoms with Crippen LogP contribution < -0.4 is 9.64 Å². The molecule has 0 aliphatic rings. The molecule has 0 heterocycles. The molecular weight excluding hydrogens is 198 g/mol. The van der Waals surface area contributed by atoms with E-state index in [1.807, 2.05) is 18.0 Å². The molecule has 0 fully saturated rings. The van der Waals surface area contributed by atoms with E-state index in [1.54, 1.807) is 7.11 Å². The molecule has 0 aromatic heterocycles. The predicted octanol–water partition coefficient (Wildman–Crippen LogP) is 2.94. The topological polar surface area (TPSA) is 12.5 Å². The van der Waals surface area contributed by atoms with Crippen LogP contribution in [0.15, 0.2) is 12.1 Å². The van der Waals surface area contributed by atoms with Crippen molar-refractivity contribution in [1.82, 2.24) is 0 Å². The van der Waals surface area contributed by atoms with Crippen molar-refractivity contribution in [1.29, 1.82) is 0 Å². The molecule has 3 heteroatoms. The van der Waals surface area contributed by atoms with E-state index in [9.17, 15) is 0 Å². The number of ether oxygens (including phenoxy) is 1. The third kappa shape index (κ3) is 2.13. The molecule has 0 amide bonds. The SMILES string of the molecule is COc1cc(C)c(C)cc1N(C)CCl. The summed E-state index contributed by atoms with van der Waals surface area (Å²) in [5.74, 6) is 0.872. The third-order valence-electron chi connectivity index (χ3n) is 2.39. The molecule has 0 saturated heterocycles. The summed E-state index contributed by atoms with van der Waals surface area (Å²) in [6.45, 7) is 4.16. The van der Waals surface area contributed by atoms with Crippen LogP contribution in [0.1, 0.15) is 11.1 Å². The average Bonchev–Trinajstić information content (AvgIpc) is 2.20. The minimum atomic E-state index is 0.457. The second-order valence-electron chi connectivity index (χ2n) is 3.43. The van der Waals surface area contributed by atoms with Crippen LogP contribution in [0.5, 0.6) is 5.75 Å². The third-order valence-corrected chi connectivity index (χ3v) is 2.74. The molecule has 0 saturated carbocycles. The van der Waals surface area contributed by atoms with Crippen molar-refractivity contribution < 1.29 is 4.74 Å². The standard InChI is InChI=1S/C11H16ClNO/c1-8-5-10(13(3)7-12)11(14-4)6-9(8)2/h5-6H,7H2,1-4H3. The van der Waals surface area contributed by atoms with Gasteiger partial charge in [-0.3, -0.25) is 0 Å². The monoisotopic (exact) mass is 213 g/mol. The Morgan fingerprint density at radius 1 is 1.29 bits per heavy atom. The van der Waals surface area contributed by atoms with Crippen LogP contribution in [-0.2, 0) is 0 Å². The number of benzene rings is 1. The summed E-state index contributed by atoms with van der Waals surface area (Å²) in [5, 5.41) is 0. The lowest BCUT2D eigenvalue weighted by Crippen LogP contribution is -2.15. The first-order valence-electron chi connectivity index (χ1n) is 4.52. The Balaban J connectivity index is 3.19. The molecule has 0 N–H and O–H groups in total. The fourth-order valence-corrected chi connectivity index (χ4v) is 1.43. The second-order valence-corrected chi connectivity index (χ2v) is 3.66. The molecule has 0 aliphatic heterocycles. The molecule has 0 spiro atoms. The predicted molar refractivity (Wildman–Crippen MR) is 61.6 cm³/mol. The Morgan fingerprint density at radius 3 is 2.36 bits per heavy atom. The van der Waals surface area contributed by atoms with Gasteiger partial charge in [-0.15, -0.1) is 11.6 Å². The summed E-state index contributed by atoms with van der Waals surface area (Å²) in [5.41, 5.74) is 3.51. The summed E-state index contributed by atoms with van der Waals surface area (Å²) in [7, 11) is 3.62. The number of rotatable bonds is 3. The van der Waals surface area contributed by atoms with Crippen molar-refractivity contribution in [3.05, 3.63) is 23.3 Å². The highest BCUT2D eigenvalue weighted by atomic mass is 35.5. The van der Waals surface area contributed by atoms with Crippen LogP contribution in [-0.4, -0.2) is 20.2 Å². The first-order valence-corrected chi connectivity index (χ1v) is 5.06. The highest BCUT2D eigenvalue weighted by molar-refractivity contribution is 6.19. The fraction of sp³-hybridized carbons (Fsp3) is 0.455. The molecule has 2 nitrogen and oxygen atoms in total. The molecule has 0 atom stereocenters. The maximum atomic E-state index is 5.78. The highest BCUT2D eigenvalue weighted by Crippen LogP contribution is 2.30. The quantitative estimate of drug-likeness (QED) is 0.566. The number of aryl methyl sites for hydroxylation is 2. The van der Waals surface area contributed by atoms with E-state index < -0.39 is 0 Å². The number of methoxy groups -OCH3 is 1. The summed E-state index contributed by atoms with van der Waals surface area (Å²) < 4.78 is 5.30. The summed E-state index contributed by atoms with van der Waals surface area (Å²) in [4.78, 5) is 1.95. The van der Waals surface area contributed by atoms with Crippen molar-refractivity contribution in [3.63, 3.8) is 0 Å². The Morgan fingerprint density at radius 2 is 1.86 bits per heavy atom. The fourth-order valence-electron chi connectivity index (χ4n) is 1.30. The zero-order valence-corrected chi connectivity index (χ0v) is 9.85. The first kappa shape index (κ1) is 11.2. The number of nitrogens with zero attached hydrogens (tertiary/aromatic N) is 1. The molecule has 14 heavy (non-hydrogen) atoms. The van der Waals surface area contributed by atoms with Gasteiger partial charge >= 0.3 is 0 Å². The molecule has 0 radical (unpaired) electrons. The minimum Gasteiger partial charge on any atom is -0.495 e. The zero-order chi connectivity index (χ0) is 10.7. The lowest BCUT2D eigenvalue weighted by atomic mass is 10.1. The van der Waals surface area contributed by atoms with Crippen LogP contribution in [0.3, 0.4) is 0 Å². The molecule has 78 valence electrons. The van der Waals surface area contributed by atoms with Crippen molar-refractivity contribution in [2.24, 2.45) is 0 Å². The van der Waals surface area contributed by atoms with E-state index in [2.05, 4.69) is 19.9 Å². The van der Waals surface area contributed by atoms with Crippen LogP contribution in [0, 0.1) is 13.8 Å². The van der Waals surface area contributed by atoms with Gasteiger partial charge in [0.05, 0.1) is 18.8 Å². The smallest absolute Gasteiger partial charge is 0.142 e. The van der Waals surface area contributed by atoms with E-state index in [0.29, 0.717) is 6.00 Å². The Kier molecular flexibility index (Phi) is 3.64. The summed E-state index contributed by atoms with van der Waals surface area (Å²) >= 11 is 5.78. The van der Waals surface area contributed by atoms with Gasteiger partial charge in [-0.2, -0.15) is 0 Å². The lowest BCUT2D eigenvalue weighted by molar-refractivity contribution is 0.415. The van der Waals surface area contributed by atoms with Crippen LogP contribution in [0.25, 0.3) is 0 Å². The second kappa shape index (κ2) is 4.56. The lowest BCUT2D eigenvalue weighted by Gasteiger charge is -2.20. The molecule has 0 unspecified atom stereocenters. The number of hydrogen-bond donors (Lipinski definition) is 0. The molecule has 1 aromatic carbocycles.